The average Bonchev–Trinajstić information content (AvgIpc) is 2.48. The third kappa shape index (κ3) is 2.45. The van der Waals surface area contributed by atoms with Crippen molar-refractivity contribution >= 4 is 29.2 Å². The second kappa shape index (κ2) is 5.20. The van der Waals surface area contributed by atoms with Gasteiger partial charge < -0.3 is 0 Å². The van der Waals surface area contributed by atoms with Crippen LogP contribution in [0.15, 0.2) is 59.4 Å². The van der Waals surface area contributed by atoms with Crippen molar-refractivity contribution in [3.63, 3.8) is 0 Å². The Kier molecular flexibility index (Phi) is 3.42. The van der Waals surface area contributed by atoms with E-state index in [9.17, 15) is 4.79 Å². The van der Waals surface area contributed by atoms with Crippen molar-refractivity contribution in [2.45, 2.75) is 0 Å². The van der Waals surface area contributed by atoms with Crippen LogP contribution in [0.4, 0.5) is 0 Å². The summed E-state index contributed by atoms with van der Waals surface area (Å²) in [6.07, 6.45) is 0. The van der Waals surface area contributed by atoms with Gasteiger partial charge in [0.15, 0.2) is 0 Å². The zero-order chi connectivity index (χ0) is 13.2. The van der Waals surface area contributed by atoms with Gasteiger partial charge in [0.05, 0.1) is 0 Å². The Balaban J connectivity index is 2.23. The first-order chi connectivity index (χ1) is 9.28. The normalized spacial score (nSPS) is 10.6. The van der Waals surface area contributed by atoms with Gasteiger partial charge in [0.25, 0.3) is 0 Å². The molecule has 0 N–H and O–H groups in total. The fourth-order valence-corrected chi connectivity index (χ4v) is 5.04. The molecule has 0 atom stereocenters. The molecule has 0 aliphatic carbocycles. The fourth-order valence-electron chi connectivity index (χ4n) is 2.01. The average molecular weight is 364 g/mol. The number of rotatable bonds is 2. The Morgan fingerprint density at radius 2 is 1.79 bits per heavy atom. The number of hydrogen-bond donors (Lipinski definition) is 0. The Hall–Kier alpha value is -1.56. The molecule has 0 saturated heterocycles. The van der Waals surface area contributed by atoms with Gasteiger partial charge in [-0.05, 0) is 0 Å². The Morgan fingerprint density at radius 1 is 1.00 bits per heavy atom. The first-order valence-electron chi connectivity index (χ1n) is 5.95. The van der Waals surface area contributed by atoms with Crippen LogP contribution in [0.25, 0.3) is 17.9 Å². The Bertz CT molecular complexity index is 776. The summed E-state index contributed by atoms with van der Waals surface area (Å²) < 4.78 is 7.58. The molecule has 0 saturated carbocycles. The summed E-state index contributed by atoms with van der Waals surface area (Å²) in [7, 11) is 1.62. The summed E-state index contributed by atoms with van der Waals surface area (Å²) in [5.74, 6) is 0.746. The maximum atomic E-state index is 12.2. The van der Waals surface area contributed by atoms with Gasteiger partial charge >= 0.3 is 121 Å². The van der Waals surface area contributed by atoms with Crippen molar-refractivity contribution in [2.24, 2.45) is 0 Å². The van der Waals surface area contributed by atoms with E-state index in [4.69, 9.17) is 4.74 Å². The molecule has 1 heterocycles. The molecule has 0 aliphatic rings. The van der Waals surface area contributed by atoms with Crippen molar-refractivity contribution in [3.8, 4) is 14.9 Å². The maximum absolute atomic E-state index is 12.2. The van der Waals surface area contributed by atoms with Crippen molar-refractivity contribution in [3.05, 3.63) is 64.8 Å². The first-order valence-corrected chi connectivity index (χ1v) is 8.28. The van der Waals surface area contributed by atoms with E-state index in [-0.39, 0.29) is 5.43 Å². The second-order valence-electron chi connectivity index (χ2n) is 4.20. The summed E-state index contributed by atoms with van der Waals surface area (Å²) in [6.45, 7) is 0. The van der Waals surface area contributed by atoms with Gasteiger partial charge in [0.2, 0.25) is 0 Å². The first kappa shape index (κ1) is 12.5. The molecular weight excluding hydrogens is 352 g/mol. The summed E-state index contributed by atoms with van der Waals surface area (Å²) in [4.78, 5) is 12.2. The van der Waals surface area contributed by atoms with Gasteiger partial charge in [-0.1, -0.05) is 0 Å². The molecule has 1 aromatic heterocycles. The standard InChI is InChI=1S/C16H12O2Te/c1-18-12-7-8-15-13(9-12)14(17)10-16(19-15)11-5-3-2-4-6-11/h2-10H,1H3. The van der Waals surface area contributed by atoms with Crippen LogP contribution in [-0.4, -0.2) is 27.5 Å². The molecule has 19 heavy (non-hydrogen) atoms. The van der Waals surface area contributed by atoms with E-state index in [0.29, 0.717) is 0 Å². The van der Waals surface area contributed by atoms with Gasteiger partial charge in [-0.15, -0.1) is 0 Å². The van der Waals surface area contributed by atoms with Gasteiger partial charge in [0, 0.05) is 0 Å². The van der Waals surface area contributed by atoms with Crippen LogP contribution in [0.2, 0.25) is 0 Å². The Morgan fingerprint density at radius 3 is 2.53 bits per heavy atom. The summed E-state index contributed by atoms with van der Waals surface area (Å²) in [6, 6.07) is 17.8. The van der Waals surface area contributed by atoms with Gasteiger partial charge in [-0.2, -0.15) is 0 Å². The van der Waals surface area contributed by atoms with Crippen LogP contribution in [-0.2, 0) is 0 Å². The van der Waals surface area contributed by atoms with Crippen LogP contribution in [0.1, 0.15) is 0 Å². The quantitative estimate of drug-likeness (QED) is 0.654. The molecule has 0 spiro atoms. The monoisotopic (exact) mass is 366 g/mol. The number of methoxy groups -OCH3 is 1. The van der Waals surface area contributed by atoms with Gasteiger partial charge in [0.1, 0.15) is 0 Å². The molecule has 0 unspecified atom stereocenters. The third-order valence-corrected chi connectivity index (χ3v) is 6.27. The van der Waals surface area contributed by atoms with Gasteiger partial charge in [-0.3, -0.25) is 0 Å². The minimum absolute atomic E-state index is 0.0871. The van der Waals surface area contributed by atoms with Gasteiger partial charge in [-0.25, -0.2) is 0 Å². The van der Waals surface area contributed by atoms with Crippen molar-refractivity contribution in [1.82, 2.24) is 0 Å². The number of fused-ring (bicyclic) bond motifs is 1. The molecule has 0 bridgehead atoms. The van der Waals surface area contributed by atoms with E-state index < -0.39 is 20.4 Å². The fraction of sp³-hybridized carbons (Fsp3) is 0.0625. The van der Waals surface area contributed by atoms with Crippen molar-refractivity contribution in [1.29, 1.82) is 0 Å². The number of hydrogen-bond acceptors (Lipinski definition) is 2. The Labute approximate surface area is 120 Å². The molecule has 3 heteroatoms. The summed E-state index contributed by atoms with van der Waals surface area (Å²) in [5.41, 5.74) is 1.25. The molecule has 0 radical (unpaired) electrons. The van der Waals surface area contributed by atoms with E-state index >= 15 is 0 Å². The third-order valence-electron chi connectivity index (χ3n) is 2.99. The molecular formula is C16H12O2Te. The SMILES string of the molecule is COc1ccc2[te]c(-c3ccccc3)cc(=O)c2c1. The molecule has 0 amide bonds. The van der Waals surface area contributed by atoms with Crippen LogP contribution >= 0.6 is 0 Å². The van der Waals surface area contributed by atoms with E-state index in [0.717, 1.165) is 11.1 Å². The molecule has 0 aliphatic heterocycles. The molecule has 94 valence electrons. The number of ether oxygens (including phenoxy) is 1. The van der Waals surface area contributed by atoms with Crippen LogP contribution in [0.5, 0.6) is 5.75 Å². The molecule has 0 fully saturated rings. The molecule has 3 aromatic rings. The molecule has 2 aromatic carbocycles. The van der Waals surface area contributed by atoms with Crippen molar-refractivity contribution in [2.75, 3.05) is 7.11 Å². The number of benzene rings is 2. The zero-order valence-electron chi connectivity index (χ0n) is 10.4. The van der Waals surface area contributed by atoms with Crippen LogP contribution < -0.4 is 10.2 Å². The van der Waals surface area contributed by atoms with E-state index in [1.165, 1.54) is 12.5 Å². The zero-order valence-corrected chi connectivity index (χ0v) is 12.8. The van der Waals surface area contributed by atoms with E-state index in [2.05, 4.69) is 12.1 Å². The minimum atomic E-state index is -0.510. The van der Waals surface area contributed by atoms with Crippen LogP contribution in [0.3, 0.4) is 0 Å². The van der Waals surface area contributed by atoms with Crippen LogP contribution in [0, 0.1) is 0 Å². The summed E-state index contributed by atoms with van der Waals surface area (Å²) in [5, 5.41) is 0.807. The second-order valence-corrected chi connectivity index (χ2v) is 7.30. The topological polar surface area (TPSA) is 26.3 Å². The molecule has 2 nitrogen and oxygen atoms in total. The predicted octanol–water partition coefficient (Wildman–Crippen LogP) is 2.93. The van der Waals surface area contributed by atoms with E-state index in [1.807, 2.05) is 36.4 Å². The molecule has 3 rings (SSSR count). The van der Waals surface area contributed by atoms with Crippen molar-refractivity contribution < 1.29 is 4.74 Å². The summed E-state index contributed by atoms with van der Waals surface area (Å²) >= 11 is -0.510. The predicted molar refractivity (Wildman–Crippen MR) is 79.1 cm³/mol. The van der Waals surface area contributed by atoms with E-state index in [1.54, 1.807) is 13.2 Å².